The molecule has 1 atom stereocenters. The molecule has 5 heteroatoms. The first-order chi connectivity index (χ1) is 9.35. The first kappa shape index (κ1) is 15.2. The molecule has 3 rings (SSSR count). The second-order valence-electron chi connectivity index (χ2n) is 4.99. The van der Waals surface area contributed by atoms with E-state index in [1.54, 1.807) is 0 Å². The van der Waals surface area contributed by atoms with Crippen molar-refractivity contribution in [2.75, 3.05) is 26.2 Å². The van der Waals surface area contributed by atoms with E-state index in [1.807, 2.05) is 12.3 Å². The lowest BCUT2D eigenvalue weighted by molar-refractivity contribution is -0.0260. The molecule has 0 saturated carbocycles. The van der Waals surface area contributed by atoms with Crippen LogP contribution in [0.3, 0.4) is 0 Å². The average molecular weight is 294 g/mol. The summed E-state index contributed by atoms with van der Waals surface area (Å²) in [7, 11) is 0. The molecule has 0 amide bonds. The van der Waals surface area contributed by atoms with E-state index in [1.165, 1.54) is 10.9 Å². The van der Waals surface area contributed by atoms with Crippen molar-refractivity contribution in [3.63, 3.8) is 0 Å². The summed E-state index contributed by atoms with van der Waals surface area (Å²) < 4.78 is 5.59. The van der Waals surface area contributed by atoms with Gasteiger partial charge in [0, 0.05) is 37.8 Å². The van der Waals surface area contributed by atoms with Gasteiger partial charge in [-0.05, 0) is 23.8 Å². The summed E-state index contributed by atoms with van der Waals surface area (Å²) in [5.74, 6) is 0. The predicted octanol–water partition coefficient (Wildman–Crippen LogP) is 1.82. The van der Waals surface area contributed by atoms with Crippen molar-refractivity contribution >= 4 is 23.3 Å². The highest BCUT2D eigenvalue weighted by molar-refractivity contribution is 5.85. The molecule has 1 fully saturated rings. The largest absolute Gasteiger partial charge is 0.374 e. The normalized spacial score (nSPS) is 19.8. The van der Waals surface area contributed by atoms with Crippen LogP contribution >= 0.6 is 12.4 Å². The van der Waals surface area contributed by atoms with Crippen LogP contribution in [-0.2, 0) is 11.3 Å². The van der Waals surface area contributed by atoms with Gasteiger partial charge in [-0.1, -0.05) is 12.1 Å². The van der Waals surface area contributed by atoms with Crippen molar-refractivity contribution in [3.8, 4) is 0 Å². The fraction of sp³-hybridized carbons (Fsp3) is 0.400. The number of nitrogens with two attached hydrogens (primary N) is 1. The first-order valence-electron chi connectivity index (χ1n) is 6.73. The summed E-state index contributed by atoms with van der Waals surface area (Å²) in [6, 6.07) is 10.5. The molecule has 108 valence electrons. The molecule has 1 aliphatic rings. The lowest BCUT2D eigenvalue weighted by Crippen LogP contribution is -2.45. The molecule has 1 saturated heterocycles. The second-order valence-corrected chi connectivity index (χ2v) is 4.99. The number of pyridine rings is 1. The van der Waals surface area contributed by atoms with Gasteiger partial charge < -0.3 is 10.5 Å². The molecule has 0 radical (unpaired) electrons. The number of hydrogen-bond acceptors (Lipinski definition) is 4. The molecule has 20 heavy (non-hydrogen) atoms. The zero-order valence-corrected chi connectivity index (χ0v) is 12.2. The molecule has 1 unspecified atom stereocenters. The molecule has 0 spiro atoms. The van der Waals surface area contributed by atoms with Crippen molar-refractivity contribution in [1.29, 1.82) is 0 Å². The van der Waals surface area contributed by atoms with Crippen LogP contribution < -0.4 is 5.73 Å². The number of rotatable bonds is 3. The van der Waals surface area contributed by atoms with Crippen LogP contribution in [0.25, 0.3) is 10.9 Å². The number of fused-ring (bicyclic) bond motifs is 1. The summed E-state index contributed by atoms with van der Waals surface area (Å²) in [4.78, 5) is 6.75. The lowest BCUT2D eigenvalue weighted by atomic mass is 10.1. The molecule has 1 aromatic heterocycles. The Labute approximate surface area is 125 Å². The molecular weight excluding hydrogens is 274 g/mol. The number of ether oxygens (including phenoxy) is 1. The fourth-order valence-corrected chi connectivity index (χ4v) is 2.55. The number of morpholine rings is 1. The van der Waals surface area contributed by atoms with E-state index in [4.69, 9.17) is 10.5 Å². The van der Waals surface area contributed by atoms with Crippen molar-refractivity contribution in [1.82, 2.24) is 9.88 Å². The number of aromatic nitrogens is 1. The van der Waals surface area contributed by atoms with Crippen LogP contribution in [0.5, 0.6) is 0 Å². The van der Waals surface area contributed by atoms with E-state index in [9.17, 15) is 0 Å². The third-order valence-electron chi connectivity index (χ3n) is 3.56. The number of nitrogens with zero attached hydrogens (tertiary/aromatic N) is 2. The minimum Gasteiger partial charge on any atom is -0.374 e. The Morgan fingerprint density at radius 2 is 2.25 bits per heavy atom. The molecule has 1 aliphatic heterocycles. The predicted molar refractivity (Wildman–Crippen MR) is 83.1 cm³/mol. The van der Waals surface area contributed by atoms with E-state index in [-0.39, 0.29) is 18.5 Å². The Morgan fingerprint density at radius 3 is 3.10 bits per heavy atom. The van der Waals surface area contributed by atoms with Gasteiger partial charge in [0.15, 0.2) is 0 Å². The number of hydrogen-bond donors (Lipinski definition) is 1. The highest BCUT2D eigenvalue weighted by atomic mass is 35.5. The average Bonchev–Trinajstić information content (AvgIpc) is 2.47. The van der Waals surface area contributed by atoms with Crippen molar-refractivity contribution in [3.05, 3.63) is 42.1 Å². The fourth-order valence-electron chi connectivity index (χ4n) is 2.55. The van der Waals surface area contributed by atoms with Crippen molar-refractivity contribution in [2.24, 2.45) is 5.73 Å². The molecule has 2 N–H and O–H groups in total. The summed E-state index contributed by atoms with van der Waals surface area (Å²) >= 11 is 0. The third kappa shape index (κ3) is 3.46. The maximum Gasteiger partial charge on any atom is 0.0824 e. The maximum absolute atomic E-state index is 5.67. The third-order valence-corrected chi connectivity index (χ3v) is 3.56. The quantitative estimate of drug-likeness (QED) is 0.938. The van der Waals surface area contributed by atoms with Gasteiger partial charge in [-0.25, -0.2) is 0 Å². The van der Waals surface area contributed by atoms with Crippen LogP contribution in [0.2, 0.25) is 0 Å². The van der Waals surface area contributed by atoms with Gasteiger partial charge in [0.05, 0.1) is 18.2 Å². The highest BCUT2D eigenvalue weighted by Crippen LogP contribution is 2.16. The smallest absolute Gasteiger partial charge is 0.0824 e. The molecular formula is C15H20ClN3O. The van der Waals surface area contributed by atoms with Crippen LogP contribution in [0.4, 0.5) is 0 Å². The highest BCUT2D eigenvalue weighted by Gasteiger charge is 2.19. The van der Waals surface area contributed by atoms with Gasteiger partial charge in [-0.2, -0.15) is 0 Å². The summed E-state index contributed by atoms with van der Waals surface area (Å²) in [5.41, 5.74) is 8.04. The van der Waals surface area contributed by atoms with Gasteiger partial charge in [-0.15, -0.1) is 12.4 Å². The van der Waals surface area contributed by atoms with E-state index < -0.39 is 0 Å². The molecule has 1 aromatic carbocycles. The monoisotopic (exact) mass is 293 g/mol. The molecule has 2 heterocycles. The topological polar surface area (TPSA) is 51.4 Å². The molecule has 0 aliphatic carbocycles. The summed E-state index contributed by atoms with van der Waals surface area (Å²) in [6.45, 7) is 4.21. The van der Waals surface area contributed by atoms with Gasteiger partial charge in [0.25, 0.3) is 0 Å². The van der Waals surface area contributed by atoms with Crippen LogP contribution in [0.15, 0.2) is 36.5 Å². The van der Waals surface area contributed by atoms with Gasteiger partial charge in [0.2, 0.25) is 0 Å². The van der Waals surface area contributed by atoms with E-state index in [0.717, 1.165) is 31.8 Å². The van der Waals surface area contributed by atoms with Crippen molar-refractivity contribution in [2.45, 2.75) is 12.6 Å². The zero-order chi connectivity index (χ0) is 13.1. The van der Waals surface area contributed by atoms with E-state index in [0.29, 0.717) is 6.54 Å². The Kier molecular flexibility index (Phi) is 5.31. The van der Waals surface area contributed by atoms with E-state index >= 15 is 0 Å². The van der Waals surface area contributed by atoms with Crippen LogP contribution in [-0.4, -0.2) is 42.2 Å². The Hall–Kier alpha value is -1.20. The maximum atomic E-state index is 5.67. The van der Waals surface area contributed by atoms with Gasteiger partial charge >= 0.3 is 0 Å². The molecule has 0 bridgehead atoms. The van der Waals surface area contributed by atoms with Crippen LogP contribution in [0.1, 0.15) is 5.56 Å². The van der Waals surface area contributed by atoms with Gasteiger partial charge in [0.1, 0.15) is 0 Å². The zero-order valence-electron chi connectivity index (χ0n) is 11.4. The summed E-state index contributed by atoms with van der Waals surface area (Å²) in [5, 5.41) is 1.20. The minimum absolute atomic E-state index is 0. The van der Waals surface area contributed by atoms with E-state index in [2.05, 4.69) is 34.1 Å². The molecule has 2 aromatic rings. The number of halogens is 1. The van der Waals surface area contributed by atoms with Crippen LogP contribution in [0, 0.1) is 0 Å². The second kappa shape index (κ2) is 6.99. The SMILES string of the molecule is Cl.NCC1CN(Cc2ccc3ncccc3c2)CCO1. The first-order valence-corrected chi connectivity index (χ1v) is 6.73. The van der Waals surface area contributed by atoms with Crippen molar-refractivity contribution < 1.29 is 4.74 Å². The summed E-state index contributed by atoms with van der Waals surface area (Å²) in [6.07, 6.45) is 2.01. The standard InChI is InChI=1S/C15H19N3O.ClH/c16-9-14-11-18(6-7-19-14)10-12-3-4-15-13(8-12)2-1-5-17-15;/h1-5,8,14H,6-7,9-11,16H2;1H. The minimum atomic E-state index is 0. The number of benzene rings is 1. The Balaban J connectivity index is 0.00000147. The Morgan fingerprint density at radius 1 is 1.35 bits per heavy atom. The van der Waals surface area contributed by atoms with Gasteiger partial charge in [-0.3, -0.25) is 9.88 Å². The molecule has 4 nitrogen and oxygen atoms in total. The Bertz CT molecular complexity index is 564. The lowest BCUT2D eigenvalue weighted by Gasteiger charge is -2.32.